The van der Waals surface area contributed by atoms with Crippen LogP contribution in [0.15, 0.2) is 103 Å². The normalized spacial score (nSPS) is 10.5. The Kier molecular flexibility index (Phi) is 5.60. The molecule has 4 rings (SSSR count). The fourth-order valence-corrected chi connectivity index (χ4v) is 3.68. The predicted molar refractivity (Wildman–Crippen MR) is 116 cm³/mol. The topological polar surface area (TPSA) is 0 Å². The molecule has 3 aromatic carbocycles. The minimum absolute atomic E-state index is 0.978. The SMILES string of the molecule is b1ccc(Cc2ccccc2)c(Cc2ccccc2)c1Cc1ccccc1. The fraction of sp³-hybridized carbons (Fsp3) is 0.115. The molecule has 0 aliphatic heterocycles. The average Bonchev–Trinajstić information content (AvgIpc) is 2.73. The Morgan fingerprint density at radius 3 is 1.52 bits per heavy atom. The van der Waals surface area contributed by atoms with Crippen molar-refractivity contribution in [3.63, 3.8) is 0 Å². The monoisotopic (exact) mass is 346 g/mol. The Labute approximate surface area is 162 Å². The molecule has 0 amide bonds. The Hall–Kier alpha value is -2.93. The maximum absolute atomic E-state index is 2.29. The third-order valence-corrected chi connectivity index (χ3v) is 5.07. The Morgan fingerprint density at radius 1 is 0.481 bits per heavy atom. The summed E-state index contributed by atoms with van der Waals surface area (Å²) in [7, 11) is 0. The van der Waals surface area contributed by atoms with E-state index in [1.807, 2.05) is 0 Å². The molecule has 0 N–H and O–H groups in total. The van der Waals surface area contributed by atoms with Crippen molar-refractivity contribution < 1.29 is 0 Å². The molecule has 0 radical (unpaired) electrons. The summed E-state index contributed by atoms with van der Waals surface area (Å²) in [5.74, 6) is 2.21. The van der Waals surface area contributed by atoms with Gasteiger partial charge in [-0.15, -0.1) is 0 Å². The van der Waals surface area contributed by atoms with Crippen molar-refractivity contribution >= 4 is 6.91 Å². The van der Waals surface area contributed by atoms with Gasteiger partial charge in [0.1, 0.15) is 0 Å². The summed E-state index contributed by atoms with van der Waals surface area (Å²) in [5, 5.41) is 0. The van der Waals surface area contributed by atoms with Crippen molar-refractivity contribution in [1.82, 2.24) is 0 Å². The second-order valence-corrected chi connectivity index (χ2v) is 7.04. The predicted octanol–water partition coefficient (Wildman–Crippen LogP) is 5.80. The zero-order chi connectivity index (χ0) is 18.3. The summed E-state index contributed by atoms with van der Waals surface area (Å²) >= 11 is 0. The van der Waals surface area contributed by atoms with Crippen molar-refractivity contribution in [1.29, 1.82) is 0 Å². The molecular weight excluding hydrogens is 323 g/mol. The van der Waals surface area contributed by atoms with Gasteiger partial charge in [-0.25, -0.2) is 0 Å². The van der Waals surface area contributed by atoms with Gasteiger partial charge in [-0.05, 0) is 0 Å². The van der Waals surface area contributed by atoms with Crippen LogP contribution in [0.5, 0.6) is 0 Å². The Bertz CT molecular complexity index is 917. The van der Waals surface area contributed by atoms with Crippen molar-refractivity contribution in [3.8, 4) is 0 Å². The van der Waals surface area contributed by atoms with Gasteiger partial charge >= 0.3 is 162 Å². The first-order chi connectivity index (χ1) is 13.4. The van der Waals surface area contributed by atoms with Crippen LogP contribution in [0, 0.1) is 0 Å². The van der Waals surface area contributed by atoms with E-state index in [1.54, 1.807) is 0 Å². The van der Waals surface area contributed by atoms with Gasteiger partial charge in [-0.3, -0.25) is 0 Å². The molecule has 1 heteroatoms. The molecule has 0 aliphatic rings. The van der Waals surface area contributed by atoms with Crippen molar-refractivity contribution in [2.24, 2.45) is 0 Å². The molecule has 0 saturated carbocycles. The van der Waals surface area contributed by atoms with Gasteiger partial charge in [0.15, 0.2) is 0 Å². The quantitative estimate of drug-likeness (QED) is 0.414. The first-order valence-corrected chi connectivity index (χ1v) is 9.60. The summed E-state index contributed by atoms with van der Waals surface area (Å²) in [4.78, 5) is 0. The molecule has 0 nitrogen and oxygen atoms in total. The van der Waals surface area contributed by atoms with Gasteiger partial charge in [0, 0.05) is 0 Å². The average molecular weight is 346 g/mol. The van der Waals surface area contributed by atoms with E-state index in [0.29, 0.717) is 0 Å². The minimum atomic E-state index is 0.978. The molecule has 0 saturated heterocycles. The molecule has 0 unspecified atom stereocenters. The van der Waals surface area contributed by atoms with Gasteiger partial charge in [-0.1, -0.05) is 0 Å². The summed E-state index contributed by atoms with van der Waals surface area (Å²) in [6.07, 6.45) is 2.93. The van der Waals surface area contributed by atoms with Crippen LogP contribution in [0.2, 0.25) is 0 Å². The molecular formula is C26H23B. The van der Waals surface area contributed by atoms with Crippen LogP contribution < -0.4 is 0 Å². The standard InChI is InChI=1S/C26H23B/c1-4-10-21(11-5-1)18-24-16-17-27-26(20-23-14-8-3-9-15-23)25(24)19-22-12-6-2-7-13-22/h1-17H,18-20H2. The van der Waals surface area contributed by atoms with Crippen LogP contribution in [0.1, 0.15) is 33.3 Å². The Morgan fingerprint density at radius 2 is 0.963 bits per heavy atom. The third-order valence-electron chi connectivity index (χ3n) is 5.07. The van der Waals surface area contributed by atoms with E-state index in [9.17, 15) is 0 Å². The van der Waals surface area contributed by atoms with Crippen LogP contribution >= 0.6 is 0 Å². The van der Waals surface area contributed by atoms with Crippen LogP contribution in [-0.4, -0.2) is 6.91 Å². The van der Waals surface area contributed by atoms with Crippen molar-refractivity contribution in [2.75, 3.05) is 0 Å². The van der Waals surface area contributed by atoms with E-state index >= 15 is 0 Å². The number of rotatable bonds is 6. The van der Waals surface area contributed by atoms with E-state index in [0.717, 1.165) is 19.3 Å². The zero-order valence-electron chi connectivity index (χ0n) is 15.5. The maximum atomic E-state index is 2.29. The summed E-state index contributed by atoms with van der Waals surface area (Å²) in [6, 6.07) is 34.6. The van der Waals surface area contributed by atoms with Gasteiger partial charge in [0.2, 0.25) is 0 Å². The van der Waals surface area contributed by atoms with E-state index in [1.165, 1.54) is 33.3 Å². The van der Waals surface area contributed by atoms with Crippen molar-refractivity contribution in [2.45, 2.75) is 19.3 Å². The Balaban J connectivity index is 1.72. The van der Waals surface area contributed by atoms with E-state index in [2.05, 4.69) is 110 Å². The van der Waals surface area contributed by atoms with E-state index in [-0.39, 0.29) is 0 Å². The molecule has 1 heterocycles. The van der Waals surface area contributed by atoms with Crippen LogP contribution in [0.4, 0.5) is 0 Å². The van der Waals surface area contributed by atoms with E-state index in [4.69, 9.17) is 0 Å². The number of benzene rings is 3. The molecule has 0 spiro atoms. The summed E-state index contributed by atoms with van der Waals surface area (Å²) in [5.41, 5.74) is 8.42. The molecule has 0 atom stereocenters. The first-order valence-electron chi connectivity index (χ1n) is 9.60. The number of hydrogen-bond acceptors (Lipinski definition) is 0. The number of hydrogen-bond donors (Lipinski definition) is 0. The summed E-state index contributed by atoms with van der Waals surface area (Å²) in [6.45, 7) is 2.29. The third kappa shape index (κ3) is 4.62. The zero-order valence-corrected chi connectivity index (χ0v) is 15.5. The molecule has 0 bridgehead atoms. The van der Waals surface area contributed by atoms with Crippen LogP contribution in [-0.2, 0) is 19.3 Å². The molecule has 0 fully saturated rings. The first kappa shape index (κ1) is 17.5. The molecule has 130 valence electrons. The molecule has 27 heavy (non-hydrogen) atoms. The fourth-order valence-electron chi connectivity index (χ4n) is 3.68. The van der Waals surface area contributed by atoms with Crippen LogP contribution in [0.3, 0.4) is 0 Å². The summed E-state index contributed by atoms with van der Waals surface area (Å²) < 4.78 is 0. The molecule has 1 aromatic heterocycles. The van der Waals surface area contributed by atoms with Crippen LogP contribution in [0.25, 0.3) is 0 Å². The van der Waals surface area contributed by atoms with Gasteiger partial charge in [0.25, 0.3) is 0 Å². The van der Waals surface area contributed by atoms with E-state index < -0.39 is 0 Å². The molecule has 0 aliphatic carbocycles. The van der Waals surface area contributed by atoms with Crippen molar-refractivity contribution in [3.05, 3.63) is 136 Å². The van der Waals surface area contributed by atoms with Gasteiger partial charge < -0.3 is 0 Å². The molecule has 4 aromatic rings. The van der Waals surface area contributed by atoms with Gasteiger partial charge in [0.05, 0.1) is 0 Å². The second kappa shape index (κ2) is 8.64. The van der Waals surface area contributed by atoms with Gasteiger partial charge in [-0.2, -0.15) is 0 Å². The second-order valence-electron chi connectivity index (χ2n) is 7.04.